The summed E-state index contributed by atoms with van der Waals surface area (Å²) < 4.78 is 4.76. The number of hydrogen-bond acceptors (Lipinski definition) is 6. The van der Waals surface area contributed by atoms with Crippen LogP contribution in [-0.2, 0) is 14.3 Å². The highest BCUT2D eigenvalue weighted by molar-refractivity contribution is 8.00. The Morgan fingerprint density at radius 1 is 1.24 bits per heavy atom. The van der Waals surface area contributed by atoms with Crippen molar-refractivity contribution in [1.82, 2.24) is 10.2 Å². The van der Waals surface area contributed by atoms with Crippen molar-refractivity contribution in [2.24, 2.45) is 0 Å². The van der Waals surface area contributed by atoms with Gasteiger partial charge in [0.2, 0.25) is 5.91 Å². The van der Waals surface area contributed by atoms with E-state index in [9.17, 15) is 14.4 Å². The minimum Gasteiger partial charge on any atom is -0.467 e. The highest BCUT2D eigenvalue weighted by atomic mass is 32.2. The first-order valence-corrected chi connectivity index (χ1v) is 10.1. The van der Waals surface area contributed by atoms with Crippen LogP contribution in [0.3, 0.4) is 0 Å². The second-order valence-electron chi connectivity index (χ2n) is 5.40. The maximum atomic E-state index is 12.6. The first kappa shape index (κ1) is 21.4. The SMILES string of the molecule is COC(=O)[C@H](CCSC)NC(=O)c1ccccc1SCC(=O)N(C)C. The second kappa shape index (κ2) is 11.0. The van der Waals surface area contributed by atoms with Gasteiger partial charge in [0.05, 0.1) is 18.4 Å². The van der Waals surface area contributed by atoms with Gasteiger partial charge < -0.3 is 15.0 Å². The van der Waals surface area contributed by atoms with E-state index in [0.29, 0.717) is 16.9 Å². The molecule has 0 aliphatic heterocycles. The number of benzene rings is 1. The predicted molar refractivity (Wildman–Crippen MR) is 102 cm³/mol. The van der Waals surface area contributed by atoms with Gasteiger partial charge in [-0.05, 0) is 30.6 Å². The van der Waals surface area contributed by atoms with E-state index in [1.54, 1.807) is 44.1 Å². The van der Waals surface area contributed by atoms with Crippen LogP contribution in [0.1, 0.15) is 16.8 Å². The second-order valence-corrected chi connectivity index (χ2v) is 7.41. The van der Waals surface area contributed by atoms with Crippen molar-refractivity contribution in [2.45, 2.75) is 17.4 Å². The van der Waals surface area contributed by atoms with Crippen LogP contribution in [-0.4, -0.2) is 67.7 Å². The first-order valence-electron chi connectivity index (χ1n) is 7.70. The number of hydrogen-bond donors (Lipinski definition) is 1. The van der Waals surface area contributed by atoms with Crippen molar-refractivity contribution in [3.05, 3.63) is 29.8 Å². The molecule has 2 amide bonds. The topological polar surface area (TPSA) is 75.7 Å². The molecule has 1 atom stereocenters. The predicted octanol–water partition coefficient (Wildman–Crippen LogP) is 1.89. The number of carbonyl (C=O) groups excluding carboxylic acids is 3. The van der Waals surface area contributed by atoms with E-state index in [1.807, 2.05) is 12.3 Å². The Morgan fingerprint density at radius 3 is 2.52 bits per heavy atom. The van der Waals surface area contributed by atoms with Gasteiger partial charge in [0, 0.05) is 19.0 Å². The van der Waals surface area contributed by atoms with Gasteiger partial charge in [0.1, 0.15) is 6.04 Å². The number of rotatable bonds is 9. The molecule has 0 aromatic heterocycles. The number of ether oxygens (including phenoxy) is 1. The lowest BCUT2D eigenvalue weighted by Gasteiger charge is -2.17. The molecule has 0 spiro atoms. The quantitative estimate of drug-likeness (QED) is 0.518. The van der Waals surface area contributed by atoms with Gasteiger partial charge in [-0.1, -0.05) is 12.1 Å². The lowest BCUT2D eigenvalue weighted by molar-refractivity contribution is -0.142. The van der Waals surface area contributed by atoms with Gasteiger partial charge in [-0.3, -0.25) is 9.59 Å². The molecule has 8 heteroatoms. The normalized spacial score (nSPS) is 11.5. The molecule has 0 saturated carbocycles. The summed E-state index contributed by atoms with van der Waals surface area (Å²) in [5, 5.41) is 2.73. The fourth-order valence-electron chi connectivity index (χ4n) is 1.91. The molecule has 0 fully saturated rings. The fraction of sp³-hybridized carbons (Fsp3) is 0.471. The third kappa shape index (κ3) is 6.99. The maximum absolute atomic E-state index is 12.6. The summed E-state index contributed by atoms with van der Waals surface area (Å²) in [5.74, 6) is 0.123. The molecule has 0 radical (unpaired) electrons. The smallest absolute Gasteiger partial charge is 0.328 e. The van der Waals surface area contributed by atoms with Gasteiger partial charge in [-0.25, -0.2) is 4.79 Å². The van der Waals surface area contributed by atoms with Crippen molar-refractivity contribution in [2.75, 3.05) is 39.0 Å². The third-order valence-corrected chi connectivity index (χ3v) is 5.09. The summed E-state index contributed by atoms with van der Waals surface area (Å²) in [7, 11) is 4.68. The lowest BCUT2D eigenvalue weighted by Crippen LogP contribution is -2.42. The van der Waals surface area contributed by atoms with Gasteiger partial charge in [0.25, 0.3) is 5.91 Å². The number of carbonyl (C=O) groups is 3. The number of esters is 1. The largest absolute Gasteiger partial charge is 0.467 e. The number of methoxy groups -OCH3 is 1. The number of amides is 2. The molecule has 1 N–H and O–H groups in total. The maximum Gasteiger partial charge on any atom is 0.328 e. The van der Waals surface area contributed by atoms with Crippen LogP contribution in [0.25, 0.3) is 0 Å². The molecule has 0 unspecified atom stereocenters. The molecule has 0 aliphatic carbocycles. The van der Waals surface area contributed by atoms with Crippen molar-refractivity contribution < 1.29 is 19.1 Å². The van der Waals surface area contributed by atoms with Crippen LogP contribution in [0, 0.1) is 0 Å². The molecule has 1 aromatic rings. The summed E-state index contributed by atoms with van der Waals surface area (Å²) in [6.45, 7) is 0. The Balaban J connectivity index is 2.86. The molecular weight excluding hydrogens is 360 g/mol. The number of nitrogens with zero attached hydrogens (tertiary/aromatic N) is 1. The van der Waals surface area contributed by atoms with Gasteiger partial charge in [-0.15, -0.1) is 11.8 Å². The molecule has 25 heavy (non-hydrogen) atoms. The summed E-state index contributed by atoms with van der Waals surface area (Å²) >= 11 is 2.89. The average molecular weight is 385 g/mol. The van der Waals surface area contributed by atoms with Crippen LogP contribution in [0.4, 0.5) is 0 Å². The van der Waals surface area contributed by atoms with Crippen molar-refractivity contribution in [3.8, 4) is 0 Å². The van der Waals surface area contributed by atoms with E-state index in [4.69, 9.17) is 4.74 Å². The minimum absolute atomic E-state index is 0.0346. The van der Waals surface area contributed by atoms with Gasteiger partial charge in [0.15, 0.2) is 0 Å². The van der Waals surface area contributed by atoms with E-state index in [2.05, 4.69) is 5.32 Å². The standard InChI is InChI=1S/C17H24N2O4S2/c1-19(2)15(20)11-25-14-8-6-5-7-12(14)16(21)18-13(9-10-24-4)17(22)23-3/h5-8,13H,9-11H2,1-4H3,(H,18,21)/t13-/m0/s1. The highest BCUT2D eigenvalue weighted by Crippen LogP contribution is 2.23. The zero-order chi connectivity index (χ0) is 18.8. The molecule has 6 nitrogen and oxygen atoms in total. The van der Waals surface area contributed by atoms with Crippen LogP contribution in [0.15, 0.2) is 29.2 Å². The summed E-state index contributed by atoms with van der Waals surface area (Å²) in [6, 6.07) is 6.34. The van der Waals surface area contributed by atoms with Crippen LogP contribution >= 0.6 is 23.5 Å². The summed E-state index contributed by atoms with van der Waals surface area (Å²) in [5.41, 5.74) is 0.442. The monoisotopic (exact) mass is 384 g/mol. The minimum atomic E-state index is -0.689. The fourth-order valence-corrected chi connectivity index (χ4v) is 3.41. The number of thioether (sulfide) groups is 2. The molecule has 1 rings (SSSR count). The van der Waals surface area contributed by atoms with Gasteiger partial charge >= 0.3 is 5.97 Å². The Bertz CT molecular complexity index is 608. The van der Waals surface area contributed by atoms with E-state index >= 15 is 0 Å². The molecule has 138 valence electrons. The summed E-state index contributed by atoms with van der Waals surface area (Å²) in [4.78, 5) is 38.4. The van der Waals surface area contributed by atoms with Gasteiger partial charge in [-0.2, -0.15) is 11.8 Å². The zero-order valence-corrected chi connectivity index (χ0v) is 16.5. The summed E-state index contributed by atoms with van der Waals surface area (Å²) in [6.07, 6.45) is 2.43. The highest BCUT2D eigenvalue weighted by Gasteiger charge is 2.23. The Labute approximate surface area is 157 Å². The van der Waals surface area contributed by atoms with Crippen molar-refractivity contribution in [3.63, 3.8) is 0 Å². The third-order valence-electron chi connectivity index (χ3n) is 3.38. The molecule has 0 bridgehead atoms. The van der Waals surface area contributed by atoms with Crippen LogP contribution in [0.2, 0.25) is 0 Å². The van der Waals surface area contributed by atoms with E-state index in [1.165, 1.54) is 23.8 Å². The van der Waals surface area contributed by atoms with Crippen LogP contribution < -0.4 is 5.32 Å². The molecule has 0 heterocycles. The molecule has 1 aromatic carbocycles. The zero-order valence-electron chi connectivity index (χ0n) is 14.9. The lowest BCUT2D eigenvalue weighted by atomic mass is 10.1. The first-order chi connectivity index (χ1) is 11.9. The van der Waals surface area contributed by atoms with Crippen molar-refractivity contribution >= 4 is 41.3 Å². The molecule has 0 aliphatic rings. The average Bonchev–Trinajstić information content (AvgIpc) is 2.62. The molecular formula is C17H24N2O4S2. The van der Waals surface area contributed by atoms with Crippen molar-refractivity contribution in [1.29, 1.82) is 0 Å². The Kier molecular flexibility index (Phi) is 9.44. The van der Waals surface area contributed by atoms with E-state index in [-0.39, 0.29) is 17.6 Å². The molecule has 0 saturated heterocycles. The van der Waals surface area contributed by atoms with E-state index < -0.39 is 12.0 Å². The van der Waals surface area contributed by atoms with E-state index in [0.717, 1.165) is 5.75 Å². The Hall–Kier alpha value is -1.67. The Morgan fingerprint density at radius 2 is 1.92 bits per heavy atom. The van der Waals surface area contributed by atoms with Crippen LogP contribution in [0.5, 0.6) is 0 Å². The number of nitrogens with one attached hydrogen (secondary N) is 1.